The largest absolute Gasteiger partial charge is 0.350 e. The molecule has 1 amide bonds. The van der Waals surface area contributed by atoms with Crippen LogP contribution in [0.25, 0.3) is 0 Å². The number of hydrogen-bond acceptors (Lipinski definition) is 5. The van der Waals surface area contributed by atoms with Crippen molar-refractivity contribution in [2.24, 2.45) is 5.73 Å². The standard InChI is InChI=1S/C16H25N3O3S.2ClH/c1-16(2,17)12-18-15(20)14-5-3-4-13(10-14)11-19-6-8-23(21,22)9-7-19;;/h3-5,10H,6-9,11-12,17H2,1-2H3,(H,18,20);2*1H. The van der Waals surface area contributed by atoms with Gasteiger partial charge in [0.15, 0.2) is 9.84 Å². The lowest BCUT2D eigenvalue weighted by atomic mass is 10.1. The van der Waals surface area contributed by atoms with Gasteiger partial charge in [-0.05, 0) is 31.5 Å². The molecule has 25 heavy (non-hydrogen) atoms. The van der Waals surface area contributed by atoms with Crippen molar-refractivity contribution in [3.63, 3.8) is 0 Å². The average molecular weight is 412 g/mol. The molecule has 0 aliphatic carbocycles. The molecule has 0 unspecified atom stereocenters. The molecule has 1 heterocycles. The van der Waals surface area contributed by atoms with E-state index in [-0.39, 0.29) is 42.2 Å². The maximum absolute atomic E-state index is 12.2. The Bertz CT molecular complexity index is 661. The number of hydrogen-bond donors (Lipinski definition) is 2. The predicted molar refractivity (Wildman–Crippen MR) is 105 cm³/mol. The van der Waals surface area contributed by atoms with Crippen LogP contribution in [0.3, 0.4) is 0 Å². The van der Waals surface area contributed by atoms with Crippen LogP contribution in [0.4, 0.5) is 0 Å². The lowest BCUT2D eigenvalue weighted by molar-refractivity contribution is 0.0946. The number of halogens is 2. The minimum atomic E-state index is -2.87. The molecule has 0 atom stereocenters. The zero-order chi connectivity index (χ0) is 17.1. The third-order valence-electron chi connectivity index (χ3n) is 3.74. The van der Waals surface area contributed by atoms with E-state index in [1.165, 1.54) is 0 Å². The number of nitrogens with zero attached hydrogens (tertiary/aromatic N) is 1. The Hall–Kier alpha value is -0.860. The van der Waals surface area contributed by atoms with Crippen molar-refractivity contribution in [3.8, 4) is 0 Å². The molecule has 1 aromatic rings. The molecule has 0 aromatic heterocycles. The zero-order valence-corrected chi connectivity index (χ0v) is 17.0. The van der Waals surface area contributed by atoms with Gasteiger partial charge in [-0.1, -0.05) is 12.1 Å². The van der Waals surface area contributed by atoms with E-state index in [0.29, 0.717) is 31.7 Å². The van der Waals surface area contributed by atoms with Gasteiger partial charge in [0.2, 0.25) is 0 Å². The Morgan fingerprint density at radius 2 is 1.84 bits per heavy atom. The van der Waals surface area contributed by atoms with Crippen LogP contribution in [0.1, 0.15) is 29.8 Å². The number of carbonyl (C=O) groups excluding carboxylic acids is 1. The average Bonchev–Trinajstić information content (AvgIpc) is 2.46. The smallest absolute Gasteiger partial charge is 0.251 e. The van der Waals surface area contributed by atoms with Gasteiger partial charge in [-0.25, -0.2) is 8.42 Å². The van der Waals surface area contributed by atoms with Crippen LogP contribution in [0, 0.1) is 0 Å². The van der Waals surface area contributed by atoms with E-state index < -0.39 is 15.4 Å². The molecule has 9 heteroatoms. The van der Waals surface area contributed by atoms with Gasteiger partial charge < -0.3 is 11.1 Å². The summed E-state index contributed by atoms with van der Waals surface area (Å²) in [6, 6.07) is 7.41. The van der Waals surface area contributed by atoms with E-state index in [2.05, 4.69) is 10.2 Å². The Labute approximate surface area is 162 Å². The molecular formula is C16H27Cl2N3O3S. The second-order valence-electron chi connectivity index (χ2n) is 6.80. The lowest BCUT2D eigenvalue weighted by Gasteiger charge is -2.26. The first-order valence-electron chi connectivity index (χ1n) is 7.73. The van der Waals surface area contributed by atoms with E-state index in [4.69, 9.17) is 5.73 Å². The van der Waals surface area contributed by atoms with E-state index >= 15 is 0 Å². The van der Waals surface area contributed by atoms with Crippen LogP contribution in [0.2, 0.25) is 0 Å². The Kier molecular flexibility index (Phi) is 9.40. The normalized spacial score (nSPS) is 17.1. The molecule has 1 aliphatic heterocycles. The number of amides is 1. The summed E-state index contributed by atoms with van der Waals surface area (Å²) in [6.45, 7) is 5.85. The number of sulfone groups is 1. The first-order chi connectivity index (χ1) is 10.6. The third kappa shape index (κ3) is 8.37. The maximum atomic E-state index is 12.2. The van der Waals surface area contributed by atoms with Crippen molar-refractivity contribution in [2.75, 3.05) is 31.1 Å². The molecule has 1 aliphatic rings. The van der Waals surface area contributed by atoms with Gasteiger partial charge in [0.25, 0.3) is 5.91 Å². The van der Waals surface area contributed by atoms with Gasteiger partial charge in [-0.15, -0.1) is 24.8 Å². The quantitative estimate of drug-likeness (QED) is 0.759. The summed E-state index contributed by atoms with van der Waals surface area (Å²) in [5, 5.41) is 2.82. The van der Waals surface area contributed by atoms with Gasteiger partial charge in [0, 0.05) is 37.3 Å². The van der Waals surface area contributed by atoms with Gasteiger partial charge in [-0.3, -0.25) is 9.69 Å². The number of benzene rings is 1. The van der Waals surface area contributed by atoms with Crippen molar-refractivity contribution in [2.45, 2.75) is 25.9 Å². The molecule has 3 N–H and O–H groups in total. The highest BCUT2D eigenvalue weighted by molar-refractivity contribution is 7.91. The van der Waals surface area contributed by atoms with Crippen LogP contribution in [-0.2, 0) is 16.4 Å². The minimum absolute atomic E-state index is 0. The molecule has 1 aromatic carbocycles. The predicted octanol–water partition coefficient (Wildman–Crippen LogP) is 1.23. The Morgan fingerprint density at radius 1 is 1.24 bits per heavy atom. The molecule has 1 fully saturated rings. The van der Waals surface area contributed by atoms with Gasteiger partial charge in [-0.2, -0.15) is 0 Å². The molecular weight excluding hydrogens is 385 g/mol. The van der Waals surface area contributed by atoms with Crippen molar-refractivity contribution in [1.29, 1.82) is 0 Å². The van der Waals surface area contributed by atoms with Gasteiger partial charge >= 0.3 is 0 Å². The van der Waals surface area contributed by atoms with Gasteiger partial charge in [0.05, 0.1) is 11.5 Å². The van der Waals surface area contributed by atoms with Crippen molar-refractivity contribution in [3.05, 3.63) is 35.4 Å². The summed E-state index contributed by atoms with van der Waals surface area (Å²) >= 11 is 0. The topological polar surface area (TPSA) is 92.5 Å². The summed E-state index contributed by atoms with van der Waals surface area (Å²) in [4.78, 5) is 14.3. The van der Waals surface area contributed by atoms with E-state index in [1.54, 1.807) is 6.07 Å². The molecule has 0 saturated carbocycles. The van der Waals surface area contributed by atoms with Crippen LogP contribution >= 0.6 is 24.8 Å². The zero-order valence-electron chi connectivity index (χ0n) is 14.5. The Morgan fingerprint density at radius 3 is 2.40 bits per heavy atom. The van der Waals surface area contributed by atoms with E-state index in [0.717, 1.165) is 5.56 Å². The molecule has 1 saturated heterocycles. The molecule has 6 nitrogen and oxygen atoms in total. The fourth-order valence-corrected chi connectivity index (χ4v) is 3.66. The number of carbonyl (C=O) groups is 1. The van der Waals surface area contributed by atoms with Gasteiger partial charge in [0.1, 0.15) is 0 Å². The van der Waals surface area contributed by atoms with Crippen LogP contribution in [-0.4, -0.2) is 55.9 Å². The molecule has 0 spiro atoms. The highest BCUT2D eigenvalue weighted by Crippen LogP contribution is 2.12. The number of nitrogens with two attached hydrogens (primary N) is 1. The van der Waals surface area contributed by atoms with Crippen LogP contribution in [0.15, 0.2) is 24.3 Å². The van der Waals surface area contributed by atoms with Crippen LogP contribution in [0.5, 0.6) is 0 Å². The summed E-state index contributed by atoms with van der Waals surface area (Å²) in [5.41, 5.74) is 7.01. The fraction of sp³-hybridized carbons (Fsp3) is 0.562. The lowest BCUT2D eigenvalue weighted by Crippen LogP contribution is -2.45. The highest BCUT2D eigenvalue weighted by atomic mass is 35.5. The SMILES string of the molecule is CC(C)(N)CNC(=O)c1cccc(CN2CCS(=O)(=O)CC2)c1.Cl.Cl. The number of nitrogens with one attached hydrogen (secondary N) is 1. The summed E-state index contributed by atoms with van der Waals surface area (Å²) in [6.07, 6.45) is 0. The van der Waals surface area contributed by atoms with E-state index in [9.17, 15) is 13.2 Å². The monoisotopic (exact) mass is 411 g/mol. The second kappa shape index (κ2) is 9.73. The number of rotatable bonds is 5. The van der Waals surface area contributed by atoms with Crippen molar-refractivity contribution < 1.29 is 13.2 Å². The third-order valence-corrected chi connectivity index (χ3v) is 5.35. The molecule has 0 radical (unpaired) electrons. The van der Waals surface area contributed by atoms with Crippen molar-refractivity contribution >= 4 is 40.6 Å². The molecule has 2 rings (SSSR count). The van der Waals surface area contributed by atoms with Crippen molar-refractivity contribution in [1.82, 2.24) is 10.2 Å². The minimum Gasteiger partial charge on any atom is -0.350 e. The van der Waals surface area contributed by atoms with Crippen LogP contribution < -0.4 is 11.1 Å². The maximum Gasteiger partial charge on any atom is 0.251 e. The summed E-state index contributed by atoms with van der Waals surface area (Å²) in [7, 11) is -2.87. The second-order valence-corrected chi connectivity index (χ2v) is 9.10. The van der Waals surface area contributed by atoms with E-state index in [1.807, 2.05) is 32.0 Å². The first-order valence-corrected chi connectivity index (χ1v) is 9.56. The fourth-order valence-electron chi connectivity index (χ4n) is 2.39. The highest BCUT2D eigenvalue weighted by Gasteiger charge is 2.21. The molecule has 0 bridgehead atoms. The summed E-state index contributed by atoms with van der Waals surface area (Å²) in [5.74, 6) is 0.268. The molecule has 144 valence electrons. The summed E-state index contributed by atoms with van der Waals surface area (Å²) < 4.78 is 22.9. The first kappa shape index (κ1) is 24.1. The Balaban J connectivity index is 0.00000288.